The predicted molar refractivity (Wildman–Crippen MR) is 257 cm³/mol. The van der Waals surface area contributed by atoms with Crippen molar-refractivity contribution in [2.75, 3.05) is 26.2 Å². The first-order chi connectivity index (χ1) is 34.3. The zero-order valence-corrected chi connectivity index (χ0v) is 41.3. The van der Waals surface area contributed by atoms with Gasteiger partial charge in [0, 0.05) is 67.6 Å². The van der Waals surface area contributed by atoms with Crippen LogP contribution in [0.5, 0.6) is 0 Å². The van der Waals surface area contributed by atoms with Gasteiger partial charge in [-0.25, -0.2) is 13.6 Å². The highest BCUT2D eigenvalue weighted by atomic mass is 19.1. The zero-order valence-electron chi connectivity index (χ0n) is 41.3. The molecule has 2 heterocycles. The highest BCUT2D eigenvalue weighted by molar-refractivity contribution is 6.14. The number of benzene rings is 2. The van der Waals surface area contributed by atoms with Crippen molar-refractivity contribution in [1.82, 2.24) is 41.0 Å². The van der Waals surface area contributed by atoms with Crippen LogP contribution in [0.1, 0.15) is 84.5 Å². The number of aromatic nitrogens is 1. The SMILES string of the molecule is CC(C)C(NC(=O)CN1C(=O)C=CC1=O)C(=O)N[C@@H](C)C(=O)N[C@@H](CCN(C(=O)CO)[C@@H](c1cc(-c2cc(F)ccc2F)cn1Cc1ccccc1)C(C)(C)C)C(=O)NCCC(=O)N[C@H](CCC(=O)O)C(=O)O. The van der Waals surface area contributed by atoms with Crippen LogP contribution in [0.4, 0.5) is 8.78 Å². The first-order valence-electron chi connectivity index (χ1n) is 23.4. The molecular formula is C50H62F2N8O13. The fraction of sp³-hybridized carbons (Fsp3) is 0.440. The van der Waals surface area contributed by atoms with Gasteiger partial charge < -0.3 is 51.4 Å². The predicted octanol–water partition coefficient (Wildman–Crippen LogP) is 1.78. The highest BCUT2D eigenvalue weighted by Crippen LogP contribution is 2.41. The quantitative estimate of drug-likeness (QED) is 0.0533. The maximum absolute atomic E-state index is 15.3. The first-order valence-corrected chi connectivity index (χ1v) is 23.4. The Morgan fingerprint density at radius 2 is 1.41 bits per heavy atom. The Labute approximate surface area is 419 Å². The summed E-state index contributed by atoms with van der Waals surface area (Å²) in [5.74, 6) is -11.4. The van der Waals surface area contributed by atoms with Crippen molar-refractivity contribution in [1.29, 1.82) is 0 Å². The molecular weight excluding hydrogens is 959 g/mol. The molecule has 8 N–H and O–H groups in total. The number of hydrogen-bond donors (Lipinski definition) is 8. The standard InChI is InChI=1S/C50H62F2N8O13/c1-28(2)44(57-39(63)26-60-40(64)15-16-41(60)65)48(71)54-29(3)46(69)56-35(47(70)53-20-18-38(62)55-36(49(72)73)14-17-43(67)68)19-21-59(42(66)27-61)45(50(4,5)6)37-22-31(33-23-32(51)12-13-34(33)52)25-58(37)24-30-10-8-7-9-11-30/h7-13,15-16,22-23,25,28-29,35-36,44-45,61H,14,17-21,24,26-27H2,1-6H3,(H,53,70)(H,54,71)(H,55,62)(H,56,69)(H,57,63)(H,67,68)(H,72,73)/t29-,35-,36+,44?,45-/m0/s1. The lowest BCUT2D eigenvalue weighted by Crippen LogP contribution is -2.58. The van der Waals surface area contributed by atoms with Crippen LogP contribution in [0.3, 0.4) is 0 Å². The number of aliphatic hydroxyl groups is 1. The van der Waals surface area contributed by atoms with Crippen LogP contribution in [0, 0.1) is 23.0 Å². The molecule has 8 amide bonds. The van der Waals surface area contributed by atoms with E-state index in [1.54, 1.807) is 51.4 Å². The first kappa shape index (κ1) is 57.8. The van der Waals surface area contributed by atoms with Crippen molar-refractivity contribution in [3.63, 3.8) is 0 Å². The van der Waals surface area contributed by atoms with Gasteiger partial charge in [0.2, 0.25) is 35.4 Å². The van der Waals surface area contributed by atoms with E-state index in [9.17, 15) is 62.5 Å². The zero-order chi connectivity index (χ0) is 54.3. The lowest BCUT2D eigenvalue weighted by molar-refractivity contribution is -0.143. The van der Waals surface area contributed by atoms with Gasteiger partial charge in [0.15, 0.2) is 0 Å². The number of nitrogens with zero attached hydrogens (tertiary/aromatic N) is 3. The number of nitrogens with one attached hydrogen (secondary N) is 5. The summed E-state index contributed by atoms with van der Waals surface area (Å²) in [6.45, 7) is 7.56. The molecule has 0 radical (unpaired) electrons. The van der Waals surface area contributed by atoms with Crippen molar-refractivity contribution in [2.45, 2.75) is 104 Å². The van der Waals surface area contributed by atoms with Gasteiger partial charge in [0.1, 0.15) is 49.0 Å². The average Bonchev–Trinajstić information content (AvgIpc) is 3.87. The Morgan fingerprint density at radius 1 is 0.753 bits per heavy atom. The van der Waals surface area contributed by atoms with Crippen molar-refractivity contribution < 1.29 is 72.0 Å². The Morgan fingerprint density at radius 3 is 2.00 bits per heavy atom. The third-order valence-corrected chi connectivity index (χ3v) is 11.7. The van der Waals surface area contributed by atoms with Crippen molar-refractivity contribution in [3.05, 3.63) is 95.8 Å². The summed E-state index contributed by atoms with van der Waals surface area (Å²) in [6.07, 6.45) is 1.73. The van der Waals surface area contributed by atoms with Gasteiger partial charge >= 0.3 is 11.9 Å². The lowest BCUT2D eigenvalue weighted by atomic mass is 9.82. The van der Waals surface area contributed by atoms with Crippen LogP contribution in [0.2, 0.25) is 0 Å². The summed E-state index contributed by atoms with van der Waals surface area (Å²) < 4.78 is 31.7. The number of aliphatic carboxylic acids is 2. The molecule has 21 nitrogen and oxygen atoms in total. The van der Waals surface area contributed by atoms with Crippen LogP contribution in [0.25, 0.3) is 11.1 Å². The number of imide groups is 1. The molecule has 0 bridgehead atoms. The average molecular weight is 1020 g/mol. The van der Waals surface area contributed by atoms with Gasteiger partial charge in [-0.2, -0.15) is 0 Å². The molecule has 4 rings (SSSR count). The molecule has 5 atom stereocenters. The number of aliphatic hydroxyl groups excluding tert-OH is 1. The minimum atomic E-state index is -1.55. The Hall–Kier alpha value is -7.82. The summed E-state index contributed by atoms with van der Waals surface area (Å²) in [5, 5.41) is 41.1. The van der Waals surface area contributed by atoms with Crippen molar-refractivity contribution in [2.24, 2.45) is 11.3 Å². The maximum atomic E-state index is 15.3. The number of rotatable bonds is 26. The summed E-state index contributed by atoms with van der Waals surface area (Å²) in [5.41, 5.74) is 0.543. The molecule has 3 aromatic rings. The van der Waals surface area contributed by atoms with Gasteiger partial charge in [0.05, 0.1) is 6.04 Å². The molecule has 1 aliphatic heterocycles. The van der Waals surface area contributed by atoms with Crippen LogP contribution < -0.4 is 26.6 Å². The lowest BCUT2D eigenvalue weighted by Gasteiger charge is -2.41. The fourth-order valence-corrected chi connectivity index (χ4v) is 8.00. The van der Waals surface area contributed by atoms with Crippen LogP contribution in [-0.4, -0.2) is 139 Å². The smallest absolute Gasteiger partial charge is 0.326 e. The van der Waals surface area contributed by atoms with E-state index in [1.807, 2.05) is 30.3 Å². The monoisotopic (exact) mass is 1020 g/mol. The van der Waals surface area contributed by atoms with Crippen LogP contribution in [-0.2, 0) is 54.5 Å². The Bertz CT molecular complexity index is 2560. The summed E-state index contributed by atoms with van der Waals surface area (Å²) in [6, 6.07) is 6.97. The molecule has 0 spiro atoms. The molecule has 73 heavy (non-hydrogen) atoms. The van der Waals surface area contributed by atoms with Gasteiger partial charge in [-0.1, -0.05) is 65.0 Å². The molecule has 0 fully saturated rings. The molecule has 0 saturated carbocycles. The minimum absolute atomic E-state index is 0.0662. The van der Waals surface area contributed by atoms with Gasteiger partial charge in [-0.05, 0) is 60.9 Å². The second kappa shape index (κ2) is 26.0. The summed E-state index contributed by atoms with van der Waals surface area (Å²) >= 11 is 0. The van der Waals surface area contributed by atoms with Crippen molar-refractivity contribution in [3.8, 4) is 11.1 Å². The molecule has 2 aromatic carbocycles. The fourth-order valence-electron chi connectivity index (χ4n) is 8.00. The largest absolute Gasteiger partial charge is 0.481 e. The second-order valence-electron chi connectivity index (χ2n) is 18.8. The molecule has 1 unspecified atom stereocenters. The third kappa shape index (κ3) is 16.6. The van der Waals surface area contributed by atoms with E-state index in [4.69, 9.17) is 5.11 Å². The maximum Gasteiger partial charge on any atom is 0.326 e. The number of hydrogen-bond acceptors (Lipinski definition) is 11. The Kier molecular flexibility index (Phi) is 20.6. The number of carbonyl (C=O) groups is 10. The normalized spacial score (nSPS) is 14.4. The third-order valence-electron chi connectivity index (χ3n) is 11.7. The van der Waals surface area contributed by atoms with E-state index in [0.717, 1.165) is 35.9 Å². The van der Waals surface area contributed by atoms with Crippen LogP contribution >= 0.6 is 0 Å². The molecule has 394 valence electrons. The van der Waals surface area contributed by atoms with Gasteiger partial charge in [-0.3, -0.25) is 48.1 Å². The minimum Gasteiger partial charge on any atom is -0.481 e. The summed E-state index contributed by atoms with van der Waals surface area (Å²) in [4.78, 5) is 130. The highest BCUT2D eigenvalue weighted by Gasteiger charge is 2.39. The number of carboxylic acid groups (broad SMARTS) is 2. The van der Waals surface area contributed by atoms with E-state index < -0.39 is 151 Å². The van der Waals surface area contributed by atoms with Crippen LogP contribution in [0.15, 0.2) is 72.9 Å². The van der Waals surface area contributed by atoms with E-state index in [1.165, 1.54) is 11.8 Å². The molecule has 0 aliphatic carbocycles. The van der Waals surface area contributed by atoms with Gasteiger partial charge in [0.25, 0.3) is 11.8 Å². The number of carboxylic acids is 2. The van der Waals surface area contributed by atoms with E-state index >= 15 is 4.39 Å². The number of amides is 8. The molecule has 23 heteroatoms. The molecule has 1 aromatic heterocycles. The van der Waals surface area contributed by atoms with Gasteiger partial charge in [-0.15, -0.1) is 0 Å². The second-order valence-corrected chi connectivity index (χ2v) is 18.8. The topological polar surface area (TPSA) is 303 Å². The number of halogens is 2. The summed E-state index contributed by atoms with van der Waals surface area (Å²) in [7, 11) is 0. The van der Waals surface area contributed by atoms with E-state index in [0.29, 0.717) is 10.6 Å². The van der Waals surface area contributed by atoms with Crippen molar-refractivity contribution >= 4 is 59.2 Å². The van der Waals surface area contributed by atoms with E-state index in [-0.39, 0.29) is 30.6 Å². The number of carbonyl (C=O) groups excluding carboxylic acids is 8. The Balaban J connectivity index is 1.66. The van der Waals surface area contributed by atoms with E-state index in [2.05, 4.69) is 26.6 Å². The molecule has 1 aliphatic rings. The molecule has 0 saturated heterocycles.